The minimum atomic E-state index is -0.731. The first-order valence-corrected chi connectivity index (χ1v) is 4.71. The van der Waals surface area contributed by atoms with Gasteiger partial charge in [-0.05, 0) is 19.3 Å². The fourth-order valence-corrected chi connectivity index (χ4v) is 1.21. The van der Waals surface area contributed by atoms with Crippen molar-refractivity contribution < 1.29 is 9.90 Å². The Morgan fingerprint density at radius 1 is 1.42 bits per heavy atom. The van der Waals surface area contributed by atoms with E-state index in [0.29, 0.717) is 0 Å². The monoisotopic (exact) mass is 171 g/mol. The molecule has 0 fully saturated rings. The molecule has 2 heteroatoms. The van der Waals surface area contributed by atoms with Crippen molar-refractivity contribution in [2.75, 3.05) is 0 Å². The molecule has 1 N–H and O–H groups in total. The Morgan fingerprint density at radius 3 is 2.58 bits per heavy atom. The SMILES string of the molecule is [CH2]C(CCCCCC)CC(=O)O. The number of carboxylic acid groups (broad SMARTS) is 1. The molecule has 71 valence electrons. The van der Waals surface area contributed by atoms with Crippen LogP contribution in [0.4, 0.5) is 0 Å². The summed E-state index contributed by atoms with van der Waals surface area (Å²) in [4.78, 5) is 10.3. The zero-order valence-electron chi connectivity index (χ0n) is 7.88. The van der Waals surface area contributed by atoms with Crippen molar-refractivity contribution in [2.24, 2.45) is 5.92 Å². The summed E-state index contributed by atoms with van der Waals surface area (Å²) >= 11 is 0. The minimum absolute atomic E-state index is 0.0966. The van der Waals surface area contributed by atoms with E-state index in [2.05, 4.69) is 13.8 Å². The normalized spacial score (nSPS) is 12.8. The topological polar surface area (TPSA) is 37.3 Å². The first-order valence-electron chi connectivity index (χ1n) is 4.71. The Labute approximate surface area is 75.0 Å². The lowest BCUT2D eigenvalue weighted by Crippen LogP contribution is -2.04. The Hall–Kier alpha value is -0.530. The standard InChI is InChI=1S/C10H19O2/c1-3-4-5-6-7-9(2)8-10(11)12/h9H,2-8H2,1H3,(H,11,12). The van der Waals surface area contributed by atoms with E-state index in [1.165, 1.54) is 19.3 Å². The molecule has 0 aromatic rings. The van der Waals surface area contributed by atoms with E-state index in [-0.39, 0.29) is 12.3 Å². The van der Waals surface area contributed by atoms with Gasteiger partial charge in [0.2, 0.25) is 0 Å². The van der Waals surface area contributed by atoms with Crippen molar-refractivity contribution >= 4 is 5.97 Å². The number of unbranched alkanes of at least 4 members (excludes halogenated alkanes) is 3. The predicted molar refractivity (Wildman–Crippen MR) is 49.9 cm³/mol. The molecule has 0 heterocycles. The molecule has 1 atom stereocenters. The van der Waals surface area contributed by atoms with Crippen LogP contribution in [0.3, 0.4) is 0 Å². The second-order valence-corrected chi connectivity index (χ2v) is 3.31. The van der Waals surface area contributed by atoms with E-state index >= 15 is 0 Å². The third-order valence-electron chi connectivity index (χ3n) is 1.93. The summed E-state index contributed by atoms with van der Waals surface area (Å²) in [5, 5.41) is 8.45. The van der Waals surface area contributed by atoms with Gasteiger partial charge in [-0.3, -0.25) is 4.79 Å². The van der Waals surface area contributed by atoms with Gasteiger partial charge in [-0.1, -0.05) is 32.6 Å². The average molecular weight is 171 g/mol. The molecule has 12 heavy (non-hydrogen) atoms. The van der Waals surface area contributed by atoms with Gasteiger partial charge in [-0.2, -0.15) is 0 Å². The van der Waals surface area contributed by atoms with Crippen molar-refractivity contribution in [3.8, 4) is 0 Å². The van der Waals surface area contributed by atoms with E-state index in [1.807, 2.05) is 0 Å². The Morgan fingerprint density at radius 2 is 2.08 bits per heavy atom. The maximum absolute atomic E-state index is 10.3. The van der Waals surface area contributed by atoms with Gasteiger partial charge in [0.15, 0.2) is 0 Å². The van der Waals surface area contributed by atoms with Crippen LogP contribution in [0.5, 0.6) is 0 Å². The third-order valence-corrected chi connectivity index (χ3v) is 1.93. The van der Waals surface area contributed by atoms with Gasteiger partial charge in [0.1, 0.15) is 0 Å². The van der Waals surface area contributed by atoms with Crippen LogP contribution in [0.2, 0.25) is 0 Å². The highest BCUT2D eigenvalue weighted by Crippen LogP contribution is 2.12. The summed E-state index contributed by atoms with van der Waals surface area (Å²) < 4.78 is 0. The predicted octanol–water partition coefficient (Wildman–Crippen LogP) is 2.88. The number of carboxylic acids is 1. The molecular formula is C10H19O2. The van der Waals surface area contributed by atoms with Crippen LogP contribution in [-0.4, -0.2) is 11.1 Å². The Kier molecular flexibility index (Phi) is 6.82. The zero-order valence-corrected chi connectivity index (χ0v) is 7.88. The largest absolute Gasteiger partial charge is 0.481 e. The Balaban J connectivity index is 3.19. The maximum Gasteiger partial charge on any atom is 0.303 e. The van der Waals surface area contributed by atoms with Gasteiger partial charge in [-0.25, -0.2) is 0 Å². The van der Waals surface area contributed by atoms with Crippen molar-refractivity contribution in [1.29, 1.82) is 0 Å². The first kappa shape index (κ1) is 11.5. The average Bonchev–Trinajstić information content (AvgIpc) is 1.97. The van der Waals surface area contributed by atoms with Gasteiger partial charge in [0.05, 0.1) is 0 Å². The van der Waals surface area contributed by atoms with Crippen LogP contribution in [0.15, 0.2) is 0 Å². The lowest BCUT2D eigenvalue weighted by atomic mass is 10.00. The molecule has 2 nitrogen and oxygen atoms in total. The number of hydrogen-bond donors (Lipinski definition) is 1. The molecule has 1 unspecified atom stereocenters. The molecule has 0 saturated carbocycles. The molecule has 0 bridgehead atoms. The summed E-state index contributed by atoms with van der Waals surface area (Å²) in [6, 6.07) is 0. The summed E-state index contributed by atoms with van der Waals surface area (Å²) in [6.07, 6.45) is 5.97. The quantitative estimate of drug-likeness (QED) is 0.598. The van der Waals surface area contributed by atoms with E-state index < -0.39 is 5.97 Å². The summed E-state index contributed by atoms with van der Waals surface area (Å²) in [7, 11) is 0. The third kappa shape index (κ3) is 7.58. The van der Waals surface area contributed by atoms with Gasteiger partial charge in [0, 0.05) is 6.42 Å². The van der Waals surface area contributed by atoms with E-state index in [9.17, 15) is 4.79 Å². The highest BCUT2D eigenvalue weighted by Gasteiger charge is 2.06. The zero-order chi connectivity index (χ0) is 9.40. The second kappa shape index (κ2) is 7.14. The summed E-state index contributed by atoms with van der Waals surface area (Å²) in [5.74, 6) is -0.634. The summed E-state index contributed by atoms with van der Waals surface area (Å²) in [5.41, 5.74) is 0. The smallest absolute Gasteiger partial charge is 0.303 e. The van der Waals surface area contributed by atoms with Crippen molar-refractivity contribution in [2.45, 2.75) is 45.4 Å². The van der Waals surface area contributed by atoms with Gasteiger partial charge >= 0.3 is 5.97 Å². The highest BCUT2D eigenvalue weighted by atomic mass is 16.4. The number of carbonyl (C=O) groups is 1. The lowest BCUT2D eigenvalue weighted by molar-refractivity contribution is -0.137. The lowest BCUT2D eigenvalue weighted by Gasteiger charge is -2.06. The van der Waals surface area contributed by atoms with Crippen molar-refractivity contribution in [3.05, 3.63) is 6.92 Å². The molecule has 0 aliphatic carbocycles. The number of aliphatic carboxylic acids is 1. The first-order chi connectivity index (χ1) is 5.66. The van der Waals surface area contributed by atoms with Crippen LogP contribution in [0, 0.1) is 12.8 Å². The van der Waals surface area contributed by atoms with Crippen LogP contribution in [0.25, 0.3) is 0 Å². The molecule has 0 aliphatic heterocycles. The van der Waals surface area contributed by atoms with Crippen LogP contribution in [0.1, 0.15) is 45.4 Å². The molecule has 0 spiro atoms. The molecule has 0 rings (SSSR count). The van der Waals surface area contributed by atoms with Crippen LogP contribution in [-0.2, 0) is 4.79 Å². The maximum atomic E-state index is 10.3. The molecule has 0 saturated heterocycles. The van der Waals surface area contributed by atoms with Crippen LogP contribution >= 0.6 is 0 Å². The van der Waals surface area contributed by atoms with Gasteiger partial charge in [0.25, 0.3) is 0 Å². The molecule has 0 amide bonds. The van der Waals surface area contributed by atoms with E-state index in [4.69, 9.17) is 5.11 Å². The van der Waals surface area contributed by atoms with E-state index in [1.54, 1.807) is 0 Å². The molecule has 0 aromatic carbocycles. The highest BCUT2D eigenvalue weighted by molar-refractivity contribution is 5.67. The minimum Gasteiger partial charge on any atom is -0.481 e. The van der Waals surface area contributed by atoms with Gasteiger partial charge in [-0.15, -0.1) is 0 Å². The summed E-state index contributed by atoms with van der Waals surface area (Å²) in [6.45, 7) is 5.96. The molecule has 0 aliphatic rings. The van der Waals surface area contributed by atoms with Gasteiger partial charge < -0.3 is 5.11 Å². The molecule has 0 aromatic heterocycles. The number of hydrogen-bond acceptors (Lipinski definition) is 1. The fourth-order valence-electron chi connectivity index (χ4n) is 1.21. The molecule has 1 radical (unpaired) electrons. The van der Waals surface area contributed by atoms with Crippen LogP contribution < -0.4 is 0 Å². The van der Waals surface area contributed by atoms with Crippen molar-refractivity contribution in [1.82, 2.24) is 0 Å². The Bertz CT molecular complexity index is 121. The number of rotatable bonds is 7. The molecular weight excluding hydrogens is 152 g/mol. The van der Waals surface area contributed by atoms with Crippen molar-refractivity contribution in [3.63, 3.8) is 0 Å². The second-order valence-electron chi connectivity index (χ2n) is 3.31. The fraction of sp³-hybridized carbons (Fsp3) is 0.800. The van der Waals surface area contributed by atoms with E-state index in [0.717, 1.165) is 12.8 Å².